The molecule has 0 saturated heterocycles. The van der Waals surface area contributed by atoms with Crippen molar-refractivity contribution in [1.82, 2.24) is 5.32 Å². The highest BCUT2D eigenvalue weighted by molar-refractivity contribution is 6.32. The van der Waals surface area contributed by atoms with Crippen LogP contribution in [-0.2, 0) is 27.3 Å². The van der Waals surface area contributed by atoms with E-state index < -0.39 is 52.0 Å². The smallest absolute Gasteiger partial charge is 0.255 e. The maximum atomic E-state index is 13.6. The van der Waals surface area contributed by atoms with Crippen LogP contribution in [0, 0.1) is 17.3 Å². The van der Waals surface area contributed by atoms with Gasteiger partial charge in [0.2, 0.25) is 5.78 Å². The number of aliphatic hydroxyl groups is 3. The lowest BCUT2D eigenvalue weighted by molar-refractivity contribution is -0.147. The van der Waals surface area contributed by atoms with Crippen LogP contribution in [0.25, 0.3) is 5.76 Å². The molecular formula is C28H33ClN2O7. The highest BCUT2D eigenvalue weighted by Crippen LogP contribution is 2.53. The van der Waals surface area contributed by atoms with Crippen molar-refractivity contribution in [2.75, 3.05) is 6.54 Å². The average molecular weight is 545 g/mol. The number of hydrogen-bond acceptors (Lipinski definition) is 8. The van der Waals surface area contributed by atoms with E-state index in [2.05, 4.69) is 12.2 Å². The first kappa shape index (κ1) is 26.7. The summed E-state index contributed by atoms with van der Waals surface area (Å²) in [5.74, 6) is -6.52. The summed E-state index contributed by atoms with van der Waals surface area (Å²) in [6.45, 7) is 3.50. The van der Waals surface area contributed by atoms with Gasteiger partial charge in [-0.15, -0.1) is 0 Å². The van der Waals surface area contributed by atoms with Gasteiger partial charge in [0.1, 0.15) is 22.8 Å². The number of phenols is 1. The number of nitrogens with two attached hydrogens (primary N) is 1. The molecule has 1 amide bonds. The minimum absolute atomic E-state index is 0.00474. The molecule has 5 rings (SSSR count). The monoisotopic (exact) mass is 544 g/mol. The van der Waals surface area contributed by atoms with Crippen LogP contribution in [-0.4, -0.2) is 50.0 Å². The first-order valence-electron chi connectivity index (χ1n) is 13.1. The second-order valence-electron chi connectivity index (χ2n) is 11.6. The van der Waals surface area contributed by atoms with Gasteiger partial charge in [-0.3, -0.25) is 14.4 Å². The Morgan fingerprint density at radius 2 is 1.84 bits per heavy atom. The van der Waals surface area contributed by atoms with Gasteiger partial charge < -0.3 is 31.5 Å². The molecule has 0 heterocycles. The molecule has 0 aliphatic heterocycles. The Labute approximate surface area is 225 Å². The van der Waals surface area contributed by atoms with Crippen LogP contribution in [0.4, 0.5) is 0 Å². The van der Waals surface area contributed by atoms with Crippen molar-refractivity contribution in [3.05, 3.63) is 44.7 Å². The SMILES string of the molecule is CC1(CNCc2cc(O)c3c(c2Cl)CC2C[C@H]4CC(=O)C(C(N)=O)=C(O)[C@@]4(O)C(=O)C2=C3O)CCCCC1. The van der Waals surface area contributed by atoms with Gasteiger partial charge in [0.15, 0.2) is 11.4 Å². The summed E-state index contributed by atoms with van der Waals surface area (Å²) in [6.07, 6.45) is 5.90. The fourth-order valence-corrected chi connectivity index (χ4v) is 7.23. The van der Waals surface area contributed by atoms with Crippen molar-refractivity contribution >= 4 is 34.8 Å². The van der Waals surface area contributed by atoms with Gasteiger partial charge in [0.05, 0.1) is 5.56 Å². The third-order valence-electron chi connectivity index (χ3n) is 9.00. The van der Waals surface area contributed by atoms with E-state index in [4.69, 9.17) is 17.3 Å². The average Bonchev–Trinajstić information content (AvgIpc) is 2.84. The van der Waals surface area contributed by atoms with E-state index in [-0.39, 0.29) is 41.6 Å². The molecule has 3 atom stereocenters. The molecule has 0 aromatic heterocycles. The Bertz CT molecular complexity index is 1310. The molecule has 0 spiro atoms. The molecule has 1 aromatic carbocycles. The zero-order valence-electron chi connectivity index (χ0n) is 21.3. The molecule has 2 saturated carbocycles. The molecule has 10 heteroatoms. The number of carbonyl (C=O) groups is 3. The predicted molar refractivity (Wildman–Crippen MR) is 139 cm³/mol. The van der Waals surface area contributed by atoms with E-state index in [9.17, 15) is 34.8 Å². The number of phenolic OH excluding ortho intramolecular Hbond substituents is 1. The number of benzene rings is 1. The molecule has 2 fully saturated rings. The second kappa shape index (κ2) is 9.39. The molecule has 204 valence electrons. The number of primary amides is 1. The zero-order chi connectivity index (χ0) is 27.6. The number of amides is 1. The lowest BCUT2D eigenvalue weighted by Gasteiger charge is -2.46. The summed E-state index contributed by atoms with van der Waals surface area (Å²) in [7, 11) is 0. The highest BCUT2D eigenvalue weighted by atomic mass is 35.5. The molecule has 0 radical (unpaired) electrons. The van der Waals surface area contributed by atoms with Crippen molar-refractivity contribution in [2.45, 2.75) is 70.4 Å². The summed E-state index contributed by atoms with van der Waals surface area (Å²) in [5.41, 5.74) is 3.02. The molecule has 4 aliphatic rings. The largest absolute Gasteiger partial charge is 0.508 e. The Hall–Kier alpha value is -2.88. The van der Waals surface area contributed by atoms with Gasteiger partial charge >= 0.3 is 0 Å². The fraction of sp³-hybridized carbons (Fsp3) is 0.536. The molecule has 4 aliphatic carbocycles. The number of nitrogens with one attached hydrogen (secondary N) is 1. The van der Waals surface area contributed by atoms with E-state index >= 15 is 0 Å². The number of Topliss-reactive ketones (excluding diaryl/α,β-unsaturated/α-hetero) is 2. The lowest BCUT2D eigenvalue weighted by atomic mass is 9.59. The molecule has 0 bridgehead atoms. The number of carbonyl (C=O) groups excluding carboxylic acids is 3. The molecule has 7 N–H and O–H groups in total. The van der Waals surface area contributed by atoms with E-state index in [1.807, 2.05) is 0 Å². The molecule has 38 heavy (non-hydrogen) atoms. The Balaban J connectivity index is 1.49. The summed E-state index contributed by atoms with van der Waals surface area (Å²) in [4.78, 5) is 37.8. The predicted octanol–water partition coefficient (Wildman–Crippen LogP) is 3.14. The summed E-state index contributed by atoms with van der Waals surface area (Å²) < 4.78 is 0. The lowest BCUT2D eigenvalue weighted by Crippen LogP contribution is -2.58. The number of rotatable bonds is 5. The topological polar surface area (TPSA) is 170 Å². The minimum atomic E-state index is -2.58. The quantitative estimate of drug-likeness (QED) is 0.307. The standard InChI is InChI=1S/C28H33ClN2O7/c1-27(5-3-2-4-6-27)12-31-11-14-9-17(32)20-16(22(14)29)8-13-7-15-10-18(33)21(26(30)37)25(36)28(15,38)24(35)19(13)23(20)34/h9,13,15,31-32,34,36,38H,2-8,10-12H2,1H3,(H2,30,37)/t13?,15-,28-/m0/s1. The van der Waals surface area contributed by atoms with E-state index in [1.165, 1.54) is 25.3 Å². The van der Waals surface area contributed by atoms with Gasteiger partial charge in [0.25, 0.3) is 5.91 Å². The Kier molecular flexibility index (Phi) is 6.60. The normalized spacial score (nSPS) is 28.6. The van der Waals surface area contributed by atoms with Crippen LogP contribution in [0.2, 0.25) is 5.02 Å². The summed E-state index contributed by atoms with van der Waals surface area (Å²) >= 11 is 6.78. The van der Waals surface area contributed by atoms with Crippen molar-refractivity contribution in [2.24, 2.45) is 23.0 Å². The van der Waals surface area contributed by atoms with Crippen LogP contribution in [0.1, 0.15) is 68.6 Å². The zero-order valence-corrected chi connectivity index (χ0v) is 22.0. The summed E-state index contributed by atoms with van der Waals surface area (Å²) in [5, 5.41) is 47.8. The number of halogens is 1. The summed E-state index contributed by atoms with van der Waals surface area (Å²) in [6, 6.07) is 1.46. The van der Waals surface area contributed by atoms with Gasteiger partial charge in [-0.05, 0) is 54.2 Å². The molecular weight excluding hydrogens is 512 g/mol. The number of ketones is 2. The number of fused-ring (bicyclic) bond motifs is 3. The fourth-order valence-electron chi connectivity index (χ4n) is 6.93. The Morgan fingerprint density at radius 1 is 1.16 bits per heavy atom. The first-order valence-corrected chi connectivity index (χ1v) is 13.5. The number of aliphatic hydroxyl groups excluding tert-OH is 2. The van der Waals surface area contributed by atoms with Crippen LogP contribution in [0.5, 0.6) is 5.75 Å². The van der Waals surface area contributed by atoms with Gasteiger partial charge in [0, 0.05) is 36.0 Å². The van der Waals surface area contributed by atoms with Gasteiger partial charge in [-0.2, -0.15) is 0 Å². The van der Waals surface area contributed by atoms with Crippen molar-refractivity contribution in [1.29, 1.82) is 0 Å². The number of hydrogen-bond donors (Lipinski definition) is 6. The number of aromatic hydroxyl groups is 1. The maximum Gasteiger partial charge on any atom is 0.255 e. The third kappa shape index (κ3) is 4.03. The van der Waals surface area contributed by atoms with Crippen molar-refractivity contribution in [3.63, 3.8) is 0 Å². The molecule has 1 aromatic rings. The van der Waals surface area contributed by atoms with Crippen LogP contribution >= 0.6 is 11.6 Å². The van der Waals surface area contributed by atoms with Crippen molar-refractivity contribution < 1.29 is 34.8 Å². The van der Waals surface area contributed by atoms with Crippen LogP contribution in [0.15, 0.2) is 23.0 Å². The highest BCUT2D eigenvalue weighted by Gasteiger charge is 2.60. The van der Waals surface area contributed by atoms with Crippen LogP contribution in [0.3, 0.4) is 0 Å². The molecule has 1 unspecified atom stereocenters. The molecule has 9 nitrogen and oxygen atoms in total. The van der Waals surface area contributed by atoms with Gasteiger partial charge in [-0.1, -0.05) is 37.8 Å². The van der Waals surface area contributed by atoms with E-state index in [1.54, 1.807) is 0 Å². The van der Waals surface area contributed by atoms with Gasteiger partial charge in [-0.25, -0.2) is 0 Å². The van der Waals surface area contributed by atoms with Crippen LogP contribution < -0.4 is 11.1 Å². The van der Waals surface area contributed by atoms with E-state index in [0.29, 0.717) is 22.7 Å². The first-order chi connectivity index (χ1) is 17.9. The second-order valence-corrected chi connectivity index (χ2v) is 12.0. The van der Waals surface area contributed by atoms with Crippen molar-refractivity contribution in [3.8, 4) is 5.75 Å². The maximum absolute atomic E-state index is 13.6. The third-order valence-corrected chi connectivity index (χ3v) is 9.47. The minimum Gasteiger partial charge on any atom is -0.508 e. The Morgan fingerprint density at radius 3 is 2.50 bits per heavy atom. The van der Waals surface area contributed by atoms with E-state index in [0.717, 1.165) is 19.4 Å².